The molecule has 0 atom stereocenters. The summed E-state index contributed by atoms with van der Waals surface area (Å²) >= 11 is 1.58. The van der Waals surface area contributed by atoms with E-state index in [4.69, 9.17) is 14.4 Å². The molecule has 0 saturated heterocycles. The number of aromatic nitrogens is 2. The predicted molar refractivity (Wildman–Crippen MR) is 130 cm³/mol. The molecule has 1 heterocycles. The zero-order valence-corrected chi connectivity index (χ0v) is 19.5. The van der Waals surface area contributed by atoms with Gasteiger partial charge in [0.2, 0.25) is 0 Å². The molecule has 0 amide bonds. The number of nitrogens with zero attached hydrogens (tertiary/aromatic N) is 2. The Bertz CT molecular complexity index is 1130. The highest BCUT2D eigenvalue weighted by Crippen LogP contribution is 2.31. The molecule has 0 bridgehead atoms. The molecule has 170 valence electrons. The van der Waals surface area contributed by atoms with E-state index in [9.17, 15) is 0 Å². The molecule has 0 radical (unpaired) electrons. The molecular weight excluding hydrogens is 436 g/mol. The van der Waals surface area contributed by atoms with Gasteiger partial charge in [-0.05, 0) is 22.3 Å². The molecule has 33 heavy (non-hydrogen) atoms. The minimum atomic E-state index is 0.412. The minimum Gasteiger partial charge on any atom is -0.382 e. The molecule has 3 aromatic carbocycles. The van der Waals surface area contributed by atoms with Crippen LogP contribution in [0.2, 0.25) is 0 Å². The molecule has 4 rings (SSSR count). The predicted octanol–water partition coefficient (Wildman–Crippen LogP) is 5.78. The van der Waals surface area contributed by atoms with Gasteiger partial charge < -0.3 is 9.47 Å². The first-order valence-electron chi connectivity index (χ1n) is 10.6. The lowest BCUT2D eigenvalue weighted by Gasteiger charge is -2.06. The van der Waals surface area contributed by atoms with Gasteiger partial charge in [-0.1, -0.05) is 84.1 Å². The van der Waals surface area contributed by atoms with Crippen molar-refractivity contribution < 1.29 is 19.2 Å². The molecule has 0 aliphatic carbocycles. The van der Waals surface area contributed by atoms with Crippen LogP contribution in [0.25, 0.3) is 32.3 Å². The first kappa shape index (κ1) is 23.2. The topological polar surface area (TPSA) is 62.7 Å². The lowest BCUT2D eigenvalue weighted by molar-refractivity contribution is -0.282. The average Bonchev–Trinajstić information content (AvgIpc) is 3.37. The first-order valence-corrected chi connectivity index (χ1v) is 11.4. The molecule has 6 nitrogen and oxygen atoms in total. The highest BCUT2D eigenvalue weighted by Gasteiger charge is 2.09. The Morgan fingerprint density at radius 3 is 1.64 bits per heavy atom. The van der Waals surface area contributed by atoms with E-state index in [1.54, 1.807) is 18.4 Å². The van der Waals surface area contributed by atoms with Gasteiger partial charge >= 0.3 is 0 Å². The van der Waals surface area contributed by atoms with Crippen LogP contribution in [0.1, 0.15) is 11.1 Å². The lowest BCUT2D eigenvalue weighted by atomic mass is 10.0. The van der Waals surface area contributed by atoms with Crippen molar-refractivity contribution in [2.45, 2.75) is 13.2 Å². The van der Waals surface area contributed by atoms with Crippen LogP contribution in [0.15, 0.2) is 72.8 Å². The van der Waals surface area contributed by atoms with Crippen molar-refractivity contribution >= 4 is 11.3 Å². The van der Waals surface area contributed by atoms with Gasteiger partial charge in [0.1, 0.15) is 16.6 Å². The van der Waals surface area contributed by atoms with Gasteiger partial charge in [-0.15, -0.1) is 10.2 Å². The van der Waals surface area contributed by atoms with Crippen molar-refractivity contribution in [1.29, 1.82) is 0 Å². The quantitative estimate of drug-likeness (QED) is 0.160. The van der Waals surface area contributed by atoms with Crippen LogP contribution in [0.4, 0.5) is 0 Å². The molecule has 0 aliphatic heterocycles. The van der Waals surface area contributed by atoms with Crippen LogP contribution >= 0.6 is 11.3 Å². The summed E-state index contributed by atoms with van der Waals surface area (Å²) in [4.78, 5) is 9.61. The molecule has 1 aromatic heterocycles. The van der Waals surface area contributed by atoms with Crippen LogP contribution in [-0.4, -0.2) is 37.6 Å². The van der Waals surface area contributed by atoms with Gasteiger partial charge in [0.15, 0.2) is 0 Å². The van der Waals surface area contributed by atoms with E-state index in [1.807, 2.05) is 24.3 Å². The van der Waals surface area contributed by atoms with Gasteiger partial charge in [0.25, 0.3) is 0 Å². The van der Waals surface area contributed by atoms with Crippen molar-refractivity contribution in [2.24, 2.45) is 0 Å². The Morgan fingerprint density at radius 2 is 1.09 bits per heavy atom. The van der Waals surface area contributed by atoms with Crippen molar-refractivity contribution in [3.63, 3.8) is 0 Å². The van der Waals surface area contributed by atoms with Crippen molar-refractivity contribution in [3.05, 3.63) is 83.9 Å². The van der Waals surface area contributed by atoms with Crippen molar-refractivity contribution in [2.75, 3.05) is 27.4 Å². The highest BCUT2D eigenvalue weighted by atomic mass is 32.1. The fourth-order valence-corrected chi connectivity index (χ4v) is 4.11. The maximum atomic E-state index is 5.58. The molecule has 0 fully saturated rings. The maximum absolute atomic E-state index is 5.58. The molecule has 0 spiro atoms. The molecule has 4 aromatic rings. The Balaban J connectivity index is 1.40. The fourth-order valence-electron chi connectivity index (χ4n) is 3.26. The highest BCUT2D eigenvalue weighted by molar-refractivity contribution is 7.17. The van der Waals surface area contributed by atoms with Gasteiger partial charge in [-0.2, -0.15) is 0 Å². The summed E-state index contributed by atoms with van der Waals surface area (Å²) in [5.74, 6) is 0. The number of ether oxygens (including phenoxy) is 2. The van der Waals surface area contributed by atoms with Gasteiger partial charge in [-0.25, -0.2) is 9.78 Å². The van der Waals surface area contributed by atoms with E-state index < -0.39 is 0 Å². The zero-order chi connectivity index (χ0) is 22.9. The second-order valence-electron chi connectivity index (χ2n) is 7.36. The normalized spacial score (nSPS) is 11.1. The number of benzene rings is 3. The van der Waals surface area contributed by atoms with E-state index >= 15 is 0 Å². The van der Waals surface area contributed by atoms with Gasteiger partial charge in [0.05, 0.1) is 26.9 Å². The summed E-state index contributed by atoms with van der Waals surface area (Å²) in [5, 5.41) is 10.5. The fraction of sp³-hybridized carbons (Fsp3) is 0.231. The third kappa shape index (κ3) is 6.31. The second-order valence-corrected chi connectivity index (χ2v) is 8.34. The maximum Gasteiger partial charge on any atom is 0.148 e. The van der Waals surface area contributed by atoms with E-state index in [0.717, 1.165) is 43.4 Å². The van der Waals surface area contributed by atoms with Crippen LogP contribution in [0.5, 0.6) is 0 Å². The van der Waals surface area contributed by atoms with Crippen LogP contribution in [0.3, 0.4) is 0 Å². The summed E-state index contributed by atoms with van der Waals surface area (Å²) in [5.41, 5.74) is 6.58. The molecule has 0 unspecified atom stereocenters. The average molecular weight is 463 g/mol. The Morgan fingerprint density at radius 1 is 0.606 bits per heavy atom. The van der Waals surface area contributed by atoms with Crippen molar-refractivity contribution in [3.8, 4) is 32.3 Å². The van der Waals surface area contributed by atoms with Crippen LogP contribution in [0, 0.1) is 0 Å². The SMILES string of the molecule is COCCOCc1ccc(-c2ccc(-c3nnc(-c4ccc(COOC)cc4)s3)cc2)cc1. The van der Waals surface area contributed by atoms with E-state index in [-0.39, 0.29) is 0 Å². The first-order chi connectivity index (χ1) is 16.3. The van der Waals surface area contributed by atoms with Gasteiger partial charge in [-0.3, -0.25) is 0 Å². The summed E-state index contributed by atoms with van der Waals surface area (Å²) < 4.78 is 10.6. The van der Waals surface area contributed by atoms with E-state index in [0.29, 0.717) is 26.4 Å². The summed E-state index contributed by atoms with van der Waals surface area (Å²) in [6.07, 6.45) is 0. The summed E-state index contributed by atoms with van der Waals surface area (Å²) in [7, 11) is 3.18. The Kier molecular flexibility index (Phi) is 8.30. The lowest BCUT2D eigenvalue weighted by Crippen LogP contribution is -2.01. The number of rotatable bonds is 11. The van der Waals surface area contributed by atoms with Crippen LogP contribution in [-0.2, 0) is 32.5 Å². The zero-order valence-electron chi connectivity index (χ0n) is 18.7. The monoisotopic (exact) mass is 462 g/mol. The standard InChI is InChI=1S/C26H26N2O4S/c1-29-15-16-31-17-19-3-7-21(8-4-19)22-11-13-24(14-12-22)26-28-27-25(33-26)23-9-5-20(6-10-23)18-32-30-2/h3-14H,15-18H2,1-2H3. The molecule has 0 N–H and O–H groups in total. The Labute approximate surface area is 197 Å². The van der Waals surface area contributed by atoms with E-state index in [1.165, 1.54) is 7.11 Å². The smallest absolute Gasteiger partial charge is 0.148 e. The number of hydrogen-bond acceptors (Lipinski definition) is 7. The summed E-state index contributed by atoms with van der Waals surface area (Å²) in [6.45, 7) is 2.21. The van der Waals surface area contributed by atoms with Crippen LogP contribution < -0.4 is 0 Å². The third-order valence-electron chi connectivity index (χ3n) is 5.09. The number of hydrogen-bond donors (Lipinski definition) is 0. The minimum absolute atomic E-state index is 0.412. The third-order valence-corrected chi connectivity index (χ3v) is 6.11. The molecule has 0 saturated carbocycles. The molecule has 7 heteroatoms. The second kappa shape index (κ2) is 11.8. The Hall–Kier alpha value is -2.94. The van der Waals surface area contributed by atoms with Crippen molar-refractivity contribution in [1.82, 2.24) is 10.2 Å². The summed E-state index contributed by atoms with van der Waals surface area (Å²) in [6, 6.07) is 24.9. The van der Waals surface area contributed by atoms with Gasteiger partial charge in [0, 0.05) is 18.2 Å². The van der Waals surface area contributed by atoms with E-state index in [2.05, 4.69) is 63.6 Å². The largest absolute Gasteiger partial charge is 0.382 e. The molecular formula is C26H26N2O4S. The molecule has 0 aliphatic rings. The number of methoxy groups -OCH3 is 1.